The van der Waals surface area contributed by atoms with Crippen LogP contribution in [0.2, 0.25) is 0 Å². The van der Waals surface area contributed by atoms with Crippen LogP contribution < -0.4 is 10.1 Å². The van der Waals surface area contributed by atoms with Crippen molar-refractivity contribution < 1.29 is 9.53 Å². The zero-order valence-corrected chi connectivity index (χ0v) is 11.1. The summed E-state index contributed by atoms with van der Waals surface area (Å²) in [5, 5.41) is 2.99. The number of pyridine rings is 1. The molecule has 3 rings (SSSR count). The number of aromatic nitrogens is 1. The summed E-state index contributed by atoms with van der Waals surface area (Å²) in [4.78, 5) is 18.5. The van der Waals surface area contributed by atoms with Gasteiger partial charge in [0, 0.05) is 31.3 Å². The van der Waals surface area contributed by atoms with Crippen LogP contribution in [0.25, 0.3) is 0 Å². The van der Waals surface area contributed by atoms with Crippen molar-refractivity contribution in [3.05, 3.63) is 24.4 Å². The first-order chi connectivity index (χ1) is 9.21. The normalized spacial score (nSPS) is 30.8. The fourth-order valence-electron chi connectivity index (χ4n) is 3.16. The lowest BCUT2D eigenvalue weighted by Gasteiger charge is -2.27. The standard InChI is InChI=1S/C14H19N3O2/c1-17-7-5-14(10-17)11(8-16-13(14)18)9-19-12-4-2-3-6-15-12/h2-4,6,11H,5,7-10H2,1H3,(H,16,18)/t11-,14-/m1/s1. The highest BCUT2D eigenvalue weighted by molar-refractivity contribution is 5.86. The molecule has 2 aliphatic rings. The quantitative estimate of drug-likeness (QED) is 0.862. The minimum absolute atomic E-state index is 0.187. The maximum atomic E-state index is 12.2. The molecule has 0 unspecified atom stereocenters. The van der Waals surface area contributed by atoms with E-state index >= 15 is 0 Å². The summed E-state index contributed by atoms with van der Waals surface area (Å²) >= 11 is 0. The van der Waals surface area contributed by atoms with Crippen LogP contribution in [0.15, 0.2) is 24.4 Å². The second kappa shape index (κ2) is 4.81. The van der Waals surface area contributed by atoms with E-state index in [1.807, 2.05) is 18.2 Å². The number of rotatable bonds is 3. The Labute approximate surface area is 113 Å². The smallest absolute Gasteiger partial charge is 0.228 e. The number of ether oxygens (including phenoxy) is 1. The van der Waals surface area contributed by atoms with E-state index in [1.54, 1.807) is 6.20 Å². The lowest BCUT2D eigenvalue weighted by molar-refractivity contribution is -0.128. The number of carbonyl (C=O) groups excluding carboxylic acids is 1. The number of nitrogens with zero attached hydrogens (tertiary/aromatic N) is 2. The van der Waals surface area contributed by atoms with Gasteiger partial charge < -0.3 is 15.0 Å². The van der Waals surface area contributed by atoms with E-state index in [4.69, 9.17) is 4.74 Å². The number of nitrogens with one attached hydrogen (secondary N) is 1. The molecule has 0 saturated carbocycles. The Bertz CT molecular complexity index is 465. The molecule has 2 fully saturated rings. The number of amides is 1. The molecule has 1 aromatic rings. The Balaban J connectivity index is 1.69. The van der Waals surface area contributed by atoms with Gasteiger partial charge in [-0.2, -0.15) is 0 Å². The molecule has 2 aliphatic heterocycles. The number of carbonyl (C=O) groups is 1. The van der Waals surface area contributed by atoms with Gasteiger partial charge in [-0.1, -0.05) is 6.07 Å². The Kier molecular flexibility index (Phi) is 3.14. The average molecular weight is 261 g/mol. The largest absolute Gasteiger partial charge is 0.477 e. The second-order valence-electron chi connectivity index (χ2n) is 5.53. The fraction of sp³-hybridized carbons (Fsp3) is 0.571. The lowest BCUT2D eigenvalue weighted by Crippen LogP contribution is -2.39. The van der Waals surface area contributed by atoms with Crippen LogP contribution in [0, 0.1) is 11.3 Å². The van der Waals surface area contributed by atoms with E-state index in [1.165, 1.54) is 0 Å². The molecule has 5 heteroatoms. The number of hydrogen-bond acceptors (Lipinski definition) is 4. The zero-order valence-electron chi connectivity index (χ0n) is 11.1. The maximum Gasteiger partial charge on any atom is 0.228 e. The van der Waals surface area contributed by atoms with Crippen molar-refractivity contribution in [3.8, 4) is 5.88 Å². The average Bonchev–Trinajstić information content (AvgIpc) is 2.95. The monoisotopic (exact) mass is 261 g/mol. The first kappa shape index (κ1) is 12.4. The SMILES string of the molecule is CN1CC[C@]2(C1)C(=O)NC[C@@H]2COc1ccccn1. The Hall–Kier alpha value is -1.62. The van der Waals surface area contributed by atoms with E-state index in [9.17, 15) is 4.79 Å². The minimum Gasteiger partial charge on any atom is -0.477 e. The summed E-state index contributed by atoms with van der Waals surface area (Å²) < 4.78 is 5.74. The highest BCUT2D eigenvalue weighted by Gasteiger charge is 2.53. The fourth-order valence-corrected chi connectivity index (χ4v) is 3.16. The molecule has 102 valence electrons. The van der Waals surface area contributed by atoms with Gasteiger partial charge >= 0.3 is 0 Å². The molecule has 1 amide bonds. The molecule has 19 heavy (non-hydrogen) atoms. The van der Waals surface area contributed by atoms with Crippen molar-refractivity contribution in [3.63, 3.8) is 0 Å². The van der Waals surface area contributed by atoms with Gasteiger partial charge in [-0.05, 0) is 26.1 Å². The highest BCUT2D eigenvalue weighted by Crippen LogP contribution is 2.41. The topological polar surface area (TPSA) is 54.5 Å². The van der Waals surface area contributed by atoms with Crippen molar-refractivity contribution in [2.45, 2.75) is 6.42 Å². The van der Waals surface area contributed by atoms with Gasteiger partial charge in [0.2, 0.25) is 11.8 Å². The lowest BCUT2D eigenvalue weighted by atomic mass is 9.77. The number of hydrogen-bond donors (Lipinski definition) is 1. The van der Waals surface area contributed by atoms with Crippen molar-refractivity contribution in [2.75, 3.05) is 33.3 Å². The van der Waals surface area contributed by atoms with E-state index in [0.29, 0.717) is 19.0 Å². The molecule has 3 heterocycles. The molecular formula is C14H19N3O2. The van der Waals surface area contributed by atoms with Crippen LogP contribution in [0.4, 0.5) is 0 Å². The van der Waals surface area contributed by atoms with E-state index in [2.05, 4.69) is 22.2 Å². The van der Waals surface area contributed by atoms with Gasteiger partial charge in [-0.3, -0.25) is 4.79 Å². The molecule has 1 spiro atoms. The molecule has 5 nitrogen and oxygen atoms in total. The molecule has 2 atom stereocenters. The summed E-state index contributed by atoms with van der Waals surface area (Å²) in [6.07, 6.45) is 2.64. The molecular weight excluding hydrogens is 242 g/mol. The van der Waals surface area contributed by atoms with Crippen LogP contribution in [0.3, 0.4) is 0 Å². The van der Waals surface area contributed by atoms with Crippen molar-refractivity contribution in [2.24, 2.45) is 11.3 Å². The minimum atomic E-state index is -0.260. The van der Waals surface area contributed by atoms with Gasteiger partial charge in [0.05, 0.1) is 12.0 Å². The van der Waals surface area contributed by atoms with Crippen LogP contribution in [0.5, 0.6) is 5.88 Å². The van der Waals surface area contributed by atoms with E-state index < -0.39 is 0 Å². The Morgan fingerprint density at radius 3 is 3.16 bits per heavy atom. The van der Waals surface area contributed by atoms with Crippen LogP contribution >= 0.6 is 0 Å². The third kappa shape index (κ3) is 2.18. The van der Waals surface area contributed by atoms with E-state index in [-0.39, 0.29) is 17.2 Å². The summed E-state index contributed by atoms with van der Waals surface area (Å²) in [6.45, 7) is 3.06. The third-order valence-electron chi connectivity index (χ3n) is 4.30. The highest BCUT2D eigenvalue weighted by atomic mass is 16.5. The molecule has 1 aromatic heterocycles. The molecule has 0 aromatic carbocycles. The first-order valence-corrected chi connectivity index (χ1v) is 6.71. The molecule has 0 bridgehead atoms. The van der Waals surface area contributed by atoms with E-state index in [0.717, 1.165) is 19.5 Å². The van der Waals surface area contributed by atoms with Gasteiger partial charge in [0.15, 0.2) is 0 Å². The van der Waals surface area contributed by atoms with Gasteiger partial charge in [-0.25, -0.2) is 4.98 Å². The van der Waals surface area contributed by atoms with Crippen molar-refractivity contribution >= 4 is 5.91 Å². The van der Waals surface area contributed by atoms with Gasteiger partial charge in [-0.15, -0.1) is 0 Å². The van der Waals surface area contributed by atoms with Crippen molar-refractivity contribution in [1.29, 1.82) is 0 Å². The van der Waals surface area contributed by atoms with Crippen molar-refractivity contribution in [1.82, 2.24) is 15.2 Å². The van der Waals surface area contributed by atoms with Crippen LogP contribution in [-0.4, -0.2) is 49.1 Å². The Morgan fingerprint density at radius 2 is 2.47 bits per heavy atom. The predicted octanol–water partition coefficient (Wildman–Crippen LogP) is 0.528. The van der Waals surface area contributed by atoms with Gasteiger partial charge in [0.25, 0.3) is 0 Å². The maximum absolute atomic E-state index is 12.2. The predicted molar refractivity (Wildman–Crippen MR) is 70.8 cm³/mol. The third-order valence-corrected chi connectivity index (χ3v) is 4.30. The first-order valence-electron chi connectivity index (χ1n) is 6.71. The molecule has 0 radical (unpaired) electrons. The summed E-state index contributed by atoms with van der Waals surface area (Å²) in [5.41, 5.74) is -0.260. The van der Waals surface area contributed by atoms with Crippen LogP contribution in [-0.2, 0) is 4.79 Å². The second-order valence-corrected chi connectivity index (χ2v) is 5.53. The van der Waals surface area contributed by atoms with Gasteiger partial charge in [0.1, 0.15) is 0 Å². The zero-order chi connectivity index (χ0) is 13.3. The Morgan fingerprint density at radius 1 is 1.58 bits per heavy atom. The number of likely N-dealkylation sites (tertiary alicyclic amines) is 1. The molecule has 1 N–H and O–H groups in total. The summed E-state index contributed by atoms with van der Waals surface area (Å²) in [7, 11) is 2.07. The summed E-state index contributed by atoms with van der Waals surface area (Å²) in [6, 6.07) is 5.61. The molecule has 2 saturated heterocycles. The molecule has 0 aliphatic carbocycles. The van der Waals surface area contributed by atoms with Crippen LogP contribution in [0.1, 0.15) is 6.42 Å². The summed E-state index contributed by atoms with van der Waals surface area (Å²) in [5.74, 6) is 1.04.